The number of hydrogen-bond acceptors (Lipinski definition) is 2. The van der Waals surface area contributed by atoms with E-state index in [0.717, 1.165) is 5.56 Å². The highest BCUT2D eigenvalue weighted by molar-refractivity contribution is 6.30. The highest BCUT2D eigenvalue weighted by atomic mass is 35.5. The van der Waals surface area contributed by atoms with Crippen LogP contribution in [0, 0.1) is 0 Å². The minimum Gasteiger partial charge on any atom is -0.342 e. The van der Waals surface area contributed by atoms with Crippen LogP contribution in [0.5, 0.6) is 0 Å². The molecule has 0 bridgehead atoms. The van der Waals surface area contributed by atoms with E-state index in [0.29, 0.717) is 24.4 Å². The van der Waals surface area contributed by atoms with Crippen molar-refractivity contribution in [3.63, 3.8) is 0 Å². The van der Waals surface area contributed by atoms with Gasteiger partial charge in [-0.3, -0.25) is 9.59 Å². The van der Waals surface area contributed by atoms with Crippen molar-refractivity contribution in [1.29, 1.82) is 0 Å². The van der Waals surface area contributed by atoms with Gasteiger partial charge in [0, 0.05) is 18.0 Å². The van der Waals surface area contributed by atoms with Gasteiger partial charge in [-0.2, -0.15) is 0 Å². The predicted octanol–water partition coefficient (Wildman–Crippen LogP) is 2.92. The van der Waals surface area contributed by atoms with Gasteiger partial charge in [0.25, 0.3) is 0 Å². The molecule has 1 fully saturated rings. The van der Waals surface area contributed by atoms with Crippen molar-refractivity contribution < 1.29 is 9.59 Å². The molecule has 4 nitrogen and oxygen atoms in total. The summed E-state index contributed by atoms with van der Waals surface area (Å²) < 4.78 is 0. The maximum Gasteiger partial charge on any atom is 0.248 e. The Morgan fingerprint density at radius 2 is 1.95 bits per heavy atom. The molecule has 1 saturated heterocycles. The van der Waals surface area contributed by atoms with Crippen LogP contribution in [0.3, 0.4) is 0 Å². The molecule has 0 aliphatic carbocycles. The molecule has 0 aromatic heterocycles. The summed E-state index contributed by atoms with van der Waals surface area (Å²) in [7, 11) is 0. The molecule has 1 heterocycles. The van der Waals surface area contributed by atoms with Crippen LogP contribution in [-0.2, 0) is 9.59 Å². The number of benzene rings is 1. The molecule has 114 valence electrons. The first-order valence-corrected chi connectivity index (χ1v) is 7.62. The van der Waals surface area contributed by atoms with E-state index in [4.69, 9.17) is 11.6 Å². The molecule has 1 aromatic carbocycles. The maximum atomic E-state index is 12.8. The van der Waals surface area contributed by atoms with E-state index in [1.807, 2.05) is 38.1 Å². The normalized spacial score (nSPS) is 24.5. The van der Waals surface area contributed by atoms with Crippen molar-refractivity contribution in [3.8, 4) is 0 Å². The van der Waals surface area contributed by atoms with Gasteiger partial charge >= 0.3 is 0 Å². The zero-order valence-corrected chi connectivity index (χ0v) is 13.4. The summed E-state index contributed by atoms with van der Waals surface area (Å²) in [4.78, 5) is 26.4. The molecular weight excluding hydrogens is 288 g/mol. The Kier molecular flexibility index (Phi) is 4.57. The summed E-state index contributed by atoms with van der Waals surface area (Å²) in [6, 6.07) is 7.39. The molecule has 1 aliphatic rings. The van der Waals surface area contributed by atoms with Crippen molar-refractivity contribution in [2.45, 2.75) is 45.2 Å². The topological polar surface area (TPSA) is 49.4 Å². The number of nitrogens with zero attached hydrogens (tertiary/aromatic N) is 1. The largest absolute Gasteiger partial charge is 0.342 e. The number of amides is 2. The molecule has 2 atom stereocenters. The predicted molar refractivity (Wildman–Crippen MR) is 83.0 cm³/mol. The van der Waals surface area contributed by atoms with Crippen LogP contribution < -0.4 is 5.32 Å². The fourth-order valence-corrected chi connectivity index (χ4v) is 2.72. The van der Waals surface area contributed by atoms with E-state index in [1.165, 1.54) is 0 Å². The van der Waals surface area contributed by atoms with Crippen LogP contribution in [0.15, 0.2) is 24.3 Å². The molecule has 1 aliphatic heterocycles. The minimum absolute atomic E-state index is 0.0294. The lowest BCUT2D eigenvalue weighted by atomic mass is 9.95. The van der Waals surface area contributed by atoms with Gasteiger partial charge in [0.15, 0.2) is 0 Å². The molecule has 2 unspecified atom stereocenters. The lowest BCUT2D eigenvalue weighted by molar-refractivity contribution is -0.140. The molecule has 0 radical (unpaired) electrons. The number of carbonyl (C=O) groups excluding carboxylic acids is 2. The Morgan fingerprint density at radius 3 is 2.52 bits per heavy atom. The first-order valence-electron chi connectivity index (χ1n) is 7.25. The number of carbonyl (C=O) groups is 2. The van der Waals surface area contributed by atoms with Crippen LogP contribution in [0.1, 0.15) is 45.2 Å². The summed E-state index contributed by atoms with van der Waals surface area (Å²) in [6.07, 6.45) is 0.903. The van der Waals surface area contributed by atoms with E-state index in [2.05, 4.69) is 5.32 Å². The molecule has 0 spiro atoms. The standard InChI is InChI=1S/C16H21ClN2O2/c1-4-16(3)15(21)19(10-9-14(20)18-16)11(2)12-5-7-13(17)8-6-12/h5-8,11H,4,9-10H2,1-3H3,(H,18,20). The molecular formula is C16H21ClN2O2. The monoisotopic (exact) mass is 308 g/mol. The first-order chi connectivity index (χ1) is 9.87. The third kappa shape index (κ3) is 3.21. The van der Waals surface area contributed by atoms with E-state index in [1.54, 1.807) is 11.8 Å². The fourth-order valence-electron chi connectivity index (χ4n) is 2.59. The highest BCUT2D eigenvalue weighted by Gasteiger charge is 2.40. The Balaban J connectivity index is 2.30. The van der Waals surface area contributed by atoms with Gasteiger partial charge in [-0.15, -0.1) is 0 Å². The average molecular weight is 309 g/mol. The molecule has 2 amide bonds. The van der Waals surface area contributed by atoms with E-state index in [-0.39, 0.29) is 17.9 Å². The summed E-state index contributed by atoms with van der Waals surface area (Å²) in [5.41, 5.74) is 0.189. The lowest BCUT2D eigenvalue weighted by Gasteiger charge is -2.35. The first kappa shape index (κ1) is 15.8. The quantitative estimate of drug-likeness (QED) is 0.933. The van der Waals surface area contributed by atoms with Crippen molar-refractivity contribution in [2.24, 2.45) is 0 Å². The summed E-state index contributed by atoms with van der Waals surface area (Å²) in [6.45, 7) is 6.12. The van der Waals surface area contributed by atoms with Crippen molar-refractivity contribution >= 4 is 23.4 Å². The maximum absolute atomic E-state index is 12.8. The van der Waals surface area contributed by atoms with Crippen molar-refractivity contribution in [3.05, 3.63) is 34.9 Å². The van der Waals surface area contributed by atoms with Crippen molar-refractivity contribution in [1.82, 2.24) is 10.2 Å². The SMILES string of the molecule is CCC1(C)NC(=O)CCN(C(C)c2ccc(Cl)cc2)C1=O. The van der Waals surface area contributed by atoms with Gasteiger partial charge in [-0.05, 0) is 38.0 Å². The fraction of sp³-hybridized carbons (Fsp3) is 0.500. The van der Waals surface area contributed by atoms with Gasteiger partial charge < -0.3 is 10.2 Å². The molecule has 1 aromatic rings. The summed E-state index contributed by atoms with van der Waals surface area (Å²) in [5.74, 6) is -0.100. The number of rotatable bonds is 3. The lowest BCUT2D eigenvalue weighted by Crippen LogP contribution is -2.55. The second kappa shape index (κ2) is 6.06. The smallest absolute Gasteiger partial charge is 0.248 e. The van der Waals surface area contributed by atoms with Gasteiger partial charge in [-0.25, -0.2) is 0 Å². The van der Waals surface area contributed by atoms with Crippen LogP contribution in [0.4, 0.5) is 0 Å². The van der Waals surface area contributed by atoms with Gasteiger partial charge in [-0.1, -0.05) is 30.7 Å². The van der Waals surface area contributed by atoms with Crippen LogP contribution in [-0.4, -0.2) is 28.8 Å². The Hall–Kier alpha value is -1.55. The summed E-state index contributed by atoms with van der Waals surface area (Å²) in [5, 5.41) is 3.52. The number of hydrogen-bond donors (Lipinski definition) is 1. The molecule has 21 heavy (non-hydrogen) atoms. The van der Waals surface area contributed by atoms with E-state index in [9.17, 15) is 9.59 Å². The molecule has 0 saturated carbocycles. The van der Waals surface area contributed by atoms with Crippen LogP contribution in [0.2, 0.25) is 5.02 Å². The Labute approximate surface area is 130 Å². The Bertz CT molecular complexity index is 544. The third-order valence-electron chi connectivity index (χ3n) is 4.25. The molecule has 2 rings (SSSR count). The van der Waals surface area contributed by atoms with Gasteiger partial charge in [0.1, 0.15) is 5.54 Å². The number of halogens is 1. The molecule has 5 heteroatoms. The Morgan fingerprint density at radius 1 is 1.33 bits per heavy atom. The van der Waals surface area contributed by atoms with Crippen molar-refractivity contribution in [2.75, 3.05) is 6.54 Å². The average Bonchev–Trinajstić information content (AvgIpc) is 2.57. The zero-order valence-electron chi connectivity index (χ0n) is 12.6. The zero-order chi connectivity index (χ0) is 15.6. The molecule has 1 N–H and O–H groups in total. The highest BCUT2D eigenvalue weighted by Crippen LogP contribution is 2.27. The van der Waals surface area contributed by atoms with Crippen LogP contribution >= 0.6 is 11.6 Å². The second-order valence-electron chi connectivity index (χ2n) is 5.71. The van der Waals surface area contributed by atoms with Crippen LogP contribution in [0.25, 0.3) is 0 Å². The number of nitrogens with one attached hydrogen (secondary N) is 1. The van der Waals surface area contributed by atoms with Gasteiger partial charge in [0.05, 0.1) is 6.04 Å². The van der Waals surface area contributed by atoms with E-state index >= 15 is 0 Å². The van der Waals surface area contributed by atoms with E-state index < -0.39 is 5.54 Å². The minimum atomic E-state index is -0.825. The third-order valence-corrected chi connectivity index (χ3v) is 4.51. The summed E-state index contributed by atoms with van der Waals surface area (Å²) >= 11 is 5.91. The van der Waals surface area contributed by atoms with Gasteiger partial charge in [0.2, 0.25) is 11.8 Å². The second-order valence-corrected chi connectivity index (χ2v) is 6.15.